The zero-order valence-electron chi connectivity index (χ0n) is 11.0. The smallest absolute Gasteiger partial charge is 0.0578 e. The van der Waals surface area contributed by atoms with Crippen molar-refractivity contribution in [2.75, 3.05) is 13.1 Å². The summed E-state index contributed by atoms with van der Waals surface area (Å²) < 4.78 is 0. The van der Waals surface area contributed by atoms with Crippen molar-refractivity contribution in [1.29, 1.82) is 0 Å². The largest absolute Gasteiger partial charge is 0.329 e. The van der Waals surface area contributed by atoms with Gasteiger partial charge in [0.1, 0.15) is 0 Å². The van der Waals surface area contributed by atoms with Gasteiger partial charge in [-0.15, -0.1) is 6.42 Å². The van der Waals surface area contributed by atoms with Crippen LogP contribution in [0.4, 0.5) is 0 Å². The van der Waals surface area contributed by atoms with E-state index in [9.17, 15) is 0 Å². The van der Waals surface area contributed by atoms with Crippen LogP contribution in [0.2, 0.25) is 0 Å². The Balaban J connectivity index is 2.54. The van der Waals surface area contributed by atoms with Crippen LogP contribution >= 0.6 is 0 Å². The zero-order chi connectivity index (χ0) is 12.2. The molecule has 2 nitrogen and oxygen atoms in total. The van der Waals surface area contributed by atoms with Gasteiger partial charge in [-0.2, -0.15) is 0 Å². The molecule has 0 aliphatic heterocycles. The Morgan fingerprint density at radius 2 is 1.94 bits per heavy atom. The highest BCUT2D eigenvalue weighted by atomic mass is 15.0. The third kappa shape index (κ3) is 3.23. The van der Waals surface area contributed by atoms with E-state index < -0.39 is 0 Å². The van der Waals surface area contributed by atoms with Crippen molar-refractivity contribution in [3.63, 3.8) is 0 Å². The molecule has 1 fully saturated rings. The fourth-order valence-electron chi connectivity index (χ4n) is 2.73. The Bertz CT molecular complexity index is 249. The Labute approximate surface area is 100 Å². The van der Waals surface area contributed by atoms with Gasteiger partial charge in [0.2, 0.25) is 0 Å². The first-order valence-corrected chi connectivity index (χ1v) is 6.32. The van der Waals surface area contributed by atoms with E-state index in [0.717, 1.165) is 18.8 Å². The van der Waals surface area contributed by atoms with Crippen LogP contribution in [0.3, 0.4) is 0 Å². The van der Waals surface area contributed by atoms with Crippen molar-refractivity contribution >= 4 is 0 Å². The lowest BCUT2D eigenvalue weighted by Crippen LogP contribution is -2.54. The molecular weight excluding hydrogens is 196 g/mol. The van der Waals surface area contributed by atoms with E-state index in [0.29, 0.717) is 18.5 Å². The van der Waals surface area contributed by atoms with E-state index in [1.54, 1.807) is 0 Å². The molecule has 1 rings (SSSR count). The van der Waals surface area contributed by atoms with E-state index in [2.05, 4.69) is 32.0 Å². The van der Waals surface area contributed by atoms with Crippen molar-refractivity contribution < 1.29 is 0 Å². The molecule has 0 spiro atoms. The second-order valence-corrected chi connectivity index (χ2v) is 6.18. The topological polar surface area (TPSA) is 38.0 Å². The summed E-state index contributed by atoms with van der Waals surface area (Å²) in [6.07, 6.45) is 10.1. The summed E-state index contributed by atoms with van der Waals surface area (Å²) in [5, 5.41) is 3.45. The summed E-state index contributed by atoms with van der Waals surface area (Å²) in [6, 6.07) is 0. The maximum atomic E-state index is 5.90. The molecule has 1 aliphatic carbocycles. The van der Waals surface area contributed by atoms with Crippen LogP contribution in [0.5, 0.6) is 0 Å². The molecule has 3 N–H and O–H groups in total. The van der Waals surface area contributed by atoms with Crippen LogP contribution in [-0.4, -0.2) is 18.6 Å². The summed E-state index contributed by atoms with van der Waals surface area (Å²) >= 11 is 0. The van der Waals surface area contributed by atoms with Crippen molar-refractivity contribution in [2.24, 2.45) is 17.1 Å². The third-order valence-electron chi connectivity index (χ3n) is 4.12. The summed E-state index contributed by atoms with van der Waals surface area (Å²) in [7, 11) is 0. The molecule has 0 aromatic carbocycles. The first kappa shape index (κ1) is 13.5. The summed E-state index contributed by atoms with van der Waals surface area (Å²) in [6.45, 7) is 8.34. The highest BCUT2D eigenvalue weighted by Crippen LogP contribution is 2.40. The van der Waals surface area contributed by atoms with E-state index in [1.807, 2.05) is 0 Å². The van der Waals surface area contributed by atoms with Crippen molar-refractivity contribution in [2.45, 2.75) is 52.0 Å². The summed E-state index contributed by atoms with van der Waals surface area (Å²) in [5.74, 6) is 3.47. The van der Waals surface area contributed by atoms with E-state index >= 15 is 0 Å². The molecule has 2 heteroatoms. The molecule has 0 unspecified atom stereocenters. The predicted molar refractivity (Wildman–Crippen MR) is 70.0 cm³/mol. The number of nitrogens with one attached hydrogen (secondary N) is 1. The fraction of sp³-hybridized carbons (Fsp3) is 0.857. The van der Waals surface area contributed by atoms with Gasteiger partial charge in [-0.25, -0.2) is 0 Å². The number of hydrogen-bond donors (Lipinski definition) is 2. The average Bonchev–Trinajstić information content (AvgIpc) is 2.26. The molecule has 0 heterocycles. The Kier molecular flexibility index (Phi) is 4.41. The van der Waals surface area contributed by atoms with Crippen molar-refractivity contribution in [1.82, 2.24) is 5.32 Å². The van der Waals surface area contributed by atoms with Crippen LogP contribution in [0.25, 0.3) is 0 Å². The van der Waals surface area contributed by atoms with E-state index in [1.165, 1.54) is 12.8 Å². The Hall–Kier alpha value is -0.520. The molecule has 1 saturated carbocycles. The summed E-state index contributed by atoms with van der Waals surface area (Å²) in [5.41, 5.74) is 6.43. The van der Waals surface area contributed by atoms with Crippen LogP contribution in [0, 0.1) is 23.7 Å². The minimum atomic E-state index is 0.105. The highest BCUT2D eigenvalue weighted by molar-refractivity contribution is 4.99. The molecule has 0 bridgehead atoms. The minimum Gasteiger partial charge on any atom is -0.329 e. The van der Waals surface area contributed by atoms with Gasteiger partial charge in [-0.05, 0) is 37.0 Å². The number of terminal acetylenes is 1. The normalized spacial score (nSPS) is 31.1. The van der Waals surface area contributed by atoms with Gasteiger partial charge in [0, 0.05) is 12.1 Å². The molecule has 0 radical (unpaired) electrons. The minimum absolute atomic E-state index is 0.105. The molecule has 0 saturated heterocycles. The van der Waals surface area contributed by atoms with Crippen LogP contribution in [0.1, 0.15) is 46.5 Å². The Morgan fingerprint density at radius 1 is 1.38 bits per heavy atom. The lowest BCUT2D eigenvalue weighted by atomic mass is 9.67. The first-order chi connectivity index (χ1) is 7.43. The molecule has 0 amide bonds. The molecular formula is C14H26N2. The number of hydrogen-bond acceptors (Lipinski definition) is 2. The molecule has 16 heavy (non-hydrogen) atoms. The van der Waals surface area contributed by atoms with Crippen LogP contribution in [-0.2, 0) is 0 Å². The van der Waals surface area contributed by atoms with Gasteiger partial charge in [0.15, 0.2) is 0 Å². The van der Waals surface area contributed by atoms with Gasteiger partial charge in [0.05, 0.1) is 6.54 Å². The fourth-order valence-corrected chi connectivity index (χ4v) is 2.73. The predicted octanol–water partition coefficient (Wildman–Crippen LogP) is 2.14. The quantitative estimate of drug-likeness (QED) is 0.718. The monoisotopic (exact) mass is 222 g/mol. The molecule has 0 aromatic heterocycles. The standard InChI is InChI=1S/C14H26N2/c1-5-10-16-14(11-15)8-6-12(7-9-14)13(2,3)4/h1,12,16H,6-11,15H2,2-4H3. The maximum absolute atomic E-state index is 5.90. The van der Waals surface area contributed by atoms with Crippen LogP contribution < -0.4 is 11.1 Å². The lowest BCUT2D eigenvalue weighted by Gasteiger charge is -2.44. The maximum Gasteiger partial charge on any atom is 0.0578 e. The third-order valence-corrected chi connectivity index (χ3v) is 4.12. The van der Waals surface area contributed by atoms with Crippen LogP contribution in [0.15, 0.2) is 0 Å². The second kappa shape index (κ2) is 5.21. The van der Waals surface area contributed by atoms with Gasteiger partial charge >= 0.3 is 0 Å². The van der Waals surface area contributed by atoms with Gasteiger partial charge in [-0.1, -0.05) is 26.7 Å². The molecule has 0 aromatic rings. The van der Waals surface area contributed by atoms with Crippen molar-refractivity contribution in [3.8, 4) is 12.3 Å². The lowest BCUT2D eigenvalue weighted by molar-refractivity contribution is 0.120. The second-order valence-electron chi connectivity index (χ2n) is 6.18. The molecule has 0 atom stereocenters. The van der Waals surface area contributed by atoms with Crippen molar-refractivity contribution in [3.05, 3.63) is 0 Å². The number of nitrogens with two attached hydrogens (primary N) is 1. The molecule has 1 aliphatic rings. The number of rotatable bonds is 3. The first-order valence-electron chi connectivity index (χ1n) is 6.32. The molecule has 92 valence electrons. The average molecular weight is 222 g/mol. The zero-order valence-corrected chi connectivity index (χ0v) is 11.0. The van der Waals surface area contributed by atoms with E-state index in [-0.39, 0.29) is 5.54 Å². The van der Waals surface area contributed by atoms with Gasteiger partial charge in [0.25, 0.3) is 0 Å². The highest BCUT2D eigenvalue weighted by Gasteiger charge is 2.37. The Morgan fingerprint density at radius 3 is 2.31 bits per heavy atom. The van der Waals surface area contributed by atoms with Gasteiger partial charge < -0.3 is 5.73 Å². The SMILES string of the molecule is C#CCNC1(CN)CCC(C(C)(C)C)CC1. The van der Waals surface area contributed by atoms with E-state index in [4.69, 9.17) is 12.2 Å². The van der Waals surface area contributed by atoms with Gasteiger partial charge in [-0.3, -0.25) is 5.32 Å². The summed E-state index contributed by atoms with van der Waals surface area (Å²) in [4.78, 5) is 0.